The van der Waals surface area contributed by atoms with Gasteiger partial charge in [-0.05, 0) is 18.2 Å². The zero-order valence-electron chi connectivity index (χ0n) is 7.96. The molecule has 0 bridgehead atoms. The molecular weight excluding hydrogens is 256 g/mol. The molecule has 1 amide bonds. The van der Waals surface area contributed by atoms with E-state index >= 15 is 0 Å². The standard InChI is InChI=1S/C11H9BrN2O/c12-9-2-1-3-10-8(9)4-7-5-13-11(15)6-14(7)10/h1-4H,5-6H2,(H,13,15). The number of aromatic nitrogens is 1. The summed E-state index contributed by atoms with van der Waals surface area (Å²) < 4.78 is 3.15. The summed E-state index contributed by atoms with van der Waals surface area (Å²) >= 11 is 3.52. The van der Waals surface area contributed by atoms with Crippen molar-refractivity contribution >= 4 is 32.7 Å². The lowest BCUT2D eigenvalue weighted by atomic mass is 10.2. The molecule has 0 radical (unpaired) electrons. The Labute approximate surface area is 95.2 Å². The van der Waals surface area contributed by atoms with E-state index in [1.807, 2.05) is 18.2 Å². The average Bonchev–Trinajstić information content (AvgIpc) is 2.58. The third kappa shape index (κ3) is 1.28. The van der Waals surface area contributed by atoms with Crippen LogP contribution >= 0.6 is 15.9 Å². The molecule has 0 aliphatic carbocycles. The van der Waals surface area contributed by atoms with Crippen LogP contribution in [-0.4, -0.2) is 10.5 Å². The van der Waals surface area contributed by atoms with Crippen LogP contribution in [0.15, 0.2) is 28.7 Å². The second-order valence-corrected chi connectivity index (χ2v) is 4.53. The van der Waals surface area contributed by atoms with Crippen molar-refractivity contribution in [3.8, 4) is 0 Å². The van der Waals surface area contributed by atoms with Crippen LogP contribution in [0.3, 0.4) is 0 Å². The van der Waals surface area contributed by atoms with Crippen molar-refractivity contribution in [2.45, 2.75) is 13.1 Å². The van der Waals surface area contributed by atoms with E-state index in [4.69, 9.17) is 0 Å². The van der Waals surface area contributed by atoms with Gasteiger partial charge in [-0.25, -0.2) is 0 Å². The van der Waals surface area contributed by atoms with Crippen molar-refractivity contribution in [3.05, 3.63) is 34.4 Å². The monoisotopic (exact) mass is 264 g/mol. The Bertz CT molecular complexity index is 559. The number of amides is 1. The number of hydrogen-bond donors (Lipinski definition) is 1. The summed E-state index contributed by atoms with van der Waals surface area (Å²) in [5, 5.41) is 4.01. The summed E-state index contributed by atoms with van der Waals surface area (Å²) in [6, 6.07) is 8.18. The SMILES string of the molecule is O=C1Cn2c(cc3c(Br)cccc32)CN1. The third-order valence-corrected chi connectivity index (χ3v) is 3.44. The van der Waals surface area contributed by atoms with Crippen LogP contribution < -0.4 is 5.32 Å². The maximum Gasteiger partial charge on any atom is 0.240 e. The Hall–Kier alpha value is -1.29. The van der Waals surface area contributed by atoms with Gasteiger partial charge in [-0.1, -0.05) is 22.0 Å². The van der Waals surface area contributed by atoms with Crippen molar-refractivity contribution in [3.63, 3.8) is 0 Å². The Balaban J connectivity index is 2.33. The van der Waals surface area contributed by atoms with E-state index in [1.165, 1.54) is 5.39 Å². The summed E-state index contributed by atoms with van der Waals surface area (Å²) in [6.45, 7) is 1.05. The number of carbonyl (C=O) groups is 1. The largest absolute Gasteiger partial charge is 0.349 e. The highest BCUT2D eigenvalue weighted by Crippen LogP contribution is 2.28. The number of benzene rings is 1. The zero-order valence-corrected chi connectivity index (χ0v) is 9.54. The van der Waals surface area contributed by atoms with Crippen LogP contribution in [0.2, 0.25) is 0 Å². The second kappa shape index (κ2) is 3.10. The zero-order chi connectivity index (χ0) is 10.4. The van der Waals surface area contributed by atoms with Gasteiger partial charge in [0.25, 0.3) is 0 Å². The molecule has 1 aliphatic rings. The molecule has 1 aromatic heterocycles. The Morgan fingerprint density at radius 2 is 2.27 bits per heavy atom. The maximum atomic E-state index is 11.3. The fourth-order valence-electron chi connectivity index (χ4n) is 2.02. The molecule has 0 saturated heterocycles. The molecule has 1 N–H and O–H groups in total. The van der Waals surface area contributed by atoms with Crippen molar-refractivity contribution in [1.29, 1.82) is 0 Å². The summed E-state index contributed by atoms with van der Waals surface area (Å²) in [5.41, 5.74) is 2.28. The predicted molar refractivity (Wildman–Crippen MR) is 61.5 cm³/mol. The molecule has 2 aromatic rings. The molecule has 2 heterocycles. The van der Waals surface area contributed by atoms with Crippen LogP contribution in [0, 0.1) is 0 Å². The molecule has 0 unspecified atom stereocenters. The highest BCUT2D eigenvalue weighted by atomic mass is 79.9. The van der Waals surface area contributed by atoms with Gasteiger partial charge in [0.1, 0.15) is 6.54 Å². The fraction of sp³-hybridized carbons (Fsp3) is 0.182. The fourth-order valence-corrected chi connectivity index (χ4v) is 2.50. The number of halogens is 1. The number of hydrogen-bond acceptors (Lipinski definition) is 1. The van der Waals surface area contributed by atoms with Crippen LogP contribution in [-0.2, 0) is 17.9 Å². The van der Waals surface area contributed by atoms with Gasteiger partial charge in [0.15, 0.2) is 0 Å². The van der Waals surface area contributed by atoms with Gasteiger partial charge >= 0.3 is 0 Å². The Morgan fingerprint density at radius 3 is 3.13 bits per heavy atom. The topological polar surface area (TPSA) is 34.0 Å². The molecular formula is C11H9BrN2O. The second-order valence-electron chi connectivity index (χ2n) is 3.67. The molecule has 76 valence electrons. The predicted octanol–water partition coefficient (Wildman–Crippen LogP) is 2.03. The number of fused-ring (bicyclic) bond motifs is 3. The lowest BCUT2D eigenvalue weighted by molar-refractivity contribution is -0.122. The molecule has 1 aromatic carbocycles. The number of nitrogens with zero attached hydrogens (tertiary/aromatic N) is 1. The number of rotatable bonds is 0. The molecule has 3 rings (SSSR count). The molecule has 0 saturated carbocycles. The highest BCUT2D eigenvalue weighted by Gasteiger charge is 2.17. The Morgan fingerprint density at radius 1 is 1.40 bits per heavy atom. The van der Waals surface area contributed by atoms with Gasteiger partial charge in [-0.15, -0.1) is 0 Å². The minimum absolute atomic E-state index is 0.0833. The Kier molecular flexibility index (Phi) is 1.85. The van der Waals surface area contributed by atoms with Crippen molar-refractivity contribution in [1.82, 2.24) is 9.88 Å². The number of nitrogens with one attached hydrogen (secondary N) is 1. The lowest BCUT2D eigenvalue weighted by Gasteiger charge is -2.16. The minimum Gasteiger partial charge on any atom is -0.349 e. The third-order valence-electron chi connectivity index (χ3n) is 2.75. The molecule has 0 atom stereocenters. The summed E-state index contributed by atoms with van der Waals surface area (Å²) in [6.07, 6.45) is 0. The van der Waals surface area contributed by atoms with E-state index in [0.29, 0.717) is 13.1 Å². The smallest absolute Gasteiger partial charge is 0.240 e. The van der Waals surface area contributed by atoms with E-state index < -0.39 is 0 Å². The highest BCUT2D eigenvalue weighted by molar-refractivity contribution is 9.10. The van der Waals surface area contributed by atoms with Crippen molar-refractivity contribution in [2.75, 3.05) is 0 Å². The van der Waals surface area contributed by atoms with E-state index in [2.05, 4.69) is 31.9 Å². The van der Waals surface area contributed by atoms with Gasteiger partial charge < -0.3 is 9.88 Å². The van der Waals surface area contributed by atoms with E-state index in [-0.39, 0.29) is 5.91 Å². The van der Waals surface area contributed by atoms with Gasteiger partial charge in [0.2, 0.25) is 5.91 Å². The van der Waals surface area contributed by atoms with Crippen LogP contribution in [0.25, 0.3) is 10.9 Å². The molecule has 3 nitrogen and oxygen atoms in total. The quantitative estimate of drug-likeness (QED) is 0.777. The first kappa shape index (κ1) is 8.97. The van der Waals surface area contributed by atoms with Crippen LogP contribution in [0.1, 0.15) is 5.69 Å². The van der Waals surface area contributed by atoms with E-state index in [0.717, 1.165) is 15.7 Å². The normalized spacial score (nSPS) is 15.1. The first-order valence-corrected chi connectivity index (χ1v) is 5.58. The molecule has 1 aliphatic heterocycles. The summed E-state index contributed by atoms with van der Waals surface area (Å²) in [7, 11) is 0. The van der Waals surface area contributed by atoms with Crippen molar-refractivity contribution in [2.24, 2.45) is 0 Å². The molecule has 0 spiro atoms. The van der Waals surface area contributed by atoms with E-state index in [9.17, 15) is 4.79 Å². The molecule has 15 heavy (non-hydrogen) atoms. The summed E-state index contributed by atoms with van der Waals surface area (Å²) in [4.78, 5) is 11.3. The first-order valence-electron chi connectivity index (χ1n) is 4.79. The average molecular weight is 265 g/mol. The summed E-state index contributed by atoms with van der Waals surface area (Å²) in [5.74, 6) is 0.0833. The number of carbonyl (C=O) groups excluding carboxylic acids is 1. The first-order chi connectivity index (χ1) is 7.25. The van der Waals surface area contributed by atoms with Gasteiger partial charge in [0.05, 0.1) is 6.54 Å². The van der Waals surface area contributed by atoms with Gasteiger partial charge in [-0.2, -0.15) is 0 Å². The minimum atomic E-state index is 0.0833. The van der Waals surface area contributed by atoms with Gasteiger partial charge in [0, 0.05) is 21.1 Å². The maximum absolute atomic E-state index is 11.3. The van der Waals surface area contributed by atoms with Crippen LogP contribution in [0.4, 0.5) is 0 Å². The van der Waals surface area contributed by atoms with Gasteiger partial charge in [-0.3, -0.25) is 4.79 Å². The molecule has 4 heteroatoms. The van der Waals surface area contributed by atoms with Crippen LogP contribution in [0.5, 0.6) is 0 Å². The lowest BCUT2D eigenvalue weighted by Crippen LogP contribution is -2.33. The van der Waals surface area contributed by atoms with Crippen molar-refractivity contribution < 1.29 is 4.79 Å². The molecule has 0 fully saturated rings. The van der Waals surface area contributed by atoms with E-state index in [1.54, 1.807) is 0 Å².